The van der Waals surface area contributed by atoms with E-state index in [-0.39, 0.29) is 5.97 Å². The lowest BCUT2D eigenvalue weighted by molar-refractivity contribution is -0.140. The maximum Gasteiger partial charge on any atom is 0.315 e. The molecule has 0 fully saturated rings. The number of carbonyl (C=O) groups excluding carboxylic acids is 1. The Hall–Kier alpha value is -1.47. The van der Waals surface area contributed by atoms with Gasteiger partial charge in [0.05, 0.1) is 18.4 Å². The van der Waals surface area contributed by atoms with E-state index in [1.54, 1.807) is 0 Å². The molecule has 96 valence electrons. The molecule has 0 N–H and O–H groups in total. The van der Waals surface area contributed by atoms with Crippen LogP contribution in [0.3, 0.4) is 0 Å². The second-order valence-corrected chi connectivity index (χ2v) is 4.88. The molecule has 0 radical (unpaired) electrons. The minimum absolute atomic E-state index is 0.173. The first kappa shape index (κ1) is 14.6. The van der Waals surface area contributed by atoms with Crippen LogP contribution in [-0.4, -0.2) is 24.1 Å². The number of thioether (sulfide) groups is 1. The van der Waals surface area contributed by atoms with E-state index in [1.807, 2.05) is 30.3 Å². The van der Waals surface area contributed by atoms with Gasteiger partial charge in [0.15, 0.2) is 0 Å². The molecule has 0 unspecified atom stereocenters. The van der Waals surface area contributed by atoms with Gasteiger partial charge in [0.2, 0.25) is 0 Å². The van der Waals surface area contributed by atoms with Gasteiger partial charge in [-0.2, -0.15) is 17.0 Å². The molecule has 1 aromatic carbocycles. The monoisotopic (exact) mass is 263 g/mol. The van der Waals surface area contributed by atoms with Crippen molar-refractivity contribution in [2.24, 2.45) is 0 Å². The molecule has 0 aromatic heterocycles. The molecule has 0 saturated carbocycles. The summed E-state index contributed by atoms with van der Waals surface area (Å²) in [4.78, 5) is 11.4. The van der Waals surface area contributed by atoms with Gasteiger partial charge in [-0.1, -0.05) is 30.3 Å². The quantitative estimate of drug-likeness (QED) is 0.534. The summed E-state index contributed by atoms with van der Waals surface area (Å²) >= 11 is 1.52. The zero-order valence-electron chi connectivity index (χ0n) is 10.3. The van der Waals surface area contributed by atoms with Gasteiger partial charge in [0.25, 0.3) is 0 Å². The topological polar surface area (TPSA) is 50.1 Å². The Morgan fingerprint density at radius 2 is 2.11 bits per heavy atom. The lowest BCUT2D eigenvalue weighted by Crippen LogP contribution is -2.10. The Morgan fingerprint density at radius 3 is 2.83 bits per heavy atom. The molecule has 0 bridgehead atoms. The van der Waals surface area contributed by atoms with Crippen molar-refractivity contribution >= 4 is 17.7 Å². The molecule has 4 heteroatoms. The Bertz CT molecular complexity index is 387. The van der Waals surface area contributed by atoms with Crippen LogP contribution in [0.1, 0.15) is 18.4 Å². The number of benzene rings is 1. The molecular weight excluding hydrogens is 246 g/mol. The van der Waals surface area contributed by atoms with E-state index >= 15 is 0 Å². The van der Waals surface area contributed by atoms with Crippen LogP contribution in [0.5, 0.6) is 0 Å². The van der Waals surface area contributed by atoms with Crippen molar-refractivity contribution in [3.05, 3.63) is 35.9 Å². The zero-order chi connectivity index (χ0) is 13.1. The van der Waals surface area contributed by atoms with E-state index in [2.05, 4.69) is 6.07 Å². The number of hydrogen-bond donors (Lipinski definition) is 0. The van der Waals surface area contributed by atoms with Gasteiger partial charge in [-0.3, -0.25) is 4.79 Å². The number of ether oxygens (including phenoxy) is 1. The third-order valence-corrected chi connectivity index (χ3v) is 3.31. The van der Waals surface area contributed by atoms with E-state index in [9.17, 15) is 4.79 Å². The molecule has 1 rings (SSSR count). The zero-order valence-corrected chi connectivity index (χ0v) is 11.1. The van der Waals surface area contributed by atoms with Gasteiger partial charge in [-0.05, 0) is 17.7 Å². The fourth-order valence-electron chi connectivity index (χ4n) is 1.38. The number of unbranched alkanes of at least 4 members (excludes halogenated alkanes) is 1. The normalized spacial score (nSPS) is 9.72. The molecule has 0 aliphatic carbocycles. The van der Waals surface area contributed by atoms with Crippen LogP contribution in [0, 0.1) is 11.3 Å². The Kier molecular flexibility index (Phi) is 7.74. The number of nitrogens with zero attached hydrogens (tertiary/aromatic N) is 1. The van der Waals surface area contributed by atoms with Crippen molar-refractivity contribution in [1.82, 2.24) is 0 Å². The third kappa shape index (κ3) is 6.97. The minimum Gasteiger partial charge on any atom is -0.465 e. The van der Waals surface area contributed by atoms with Gasteiger partial charge in [-0.25, -0.2) is 0 Å². The van der Waals surface area contributed by atoms with E-state index in [1.165, 1.54) is 17.3 Å². The lowest BCUT2D eigenvalue weighted by atomic mass is 10.2. The van der Waals surface area contributed by atoms with Crippen molar-refractivity contribution in [3.8, 4) is 6.07 Å². The average Bonchev–Trinajstić information content (AvgIpc) is 2.40. The Morgan fingerprint density at radius 1 is 1.33 bits per heavy atom. The van der Waals surface area contributed by atoms with Gasteiger partial charge in [-0.15, -0.1) is 0 Å². The van der Waals surface area contributed by atoms with E-state index < -0.39 is 0 Å². The second kappa shape index (κ2) is 9.55. The van der Waals surface area contributed by atoms with Crippen LogP contribution in [0.25, 0.3) is 0 Å². The largest absolute Gasteiger partial charge is 0.465 e. The molecule has 0 aliphatic heterocycles. The summed E-state index contributed by atoms with van der Waals surface area (Å²) in [5.41, 5.74) is 1.17. The van der Waals surface area contributed by atoms with Gasteiger partial charge in [0, 0.05) is 12.8 Å². The number of carbonyl (C=O) groups is 1. The first-order valence-electron chi connectivity index (χ1n) is 5.97. The highest BCUT2D eigenvalue weighted by molar-refractivity contribution is 7.99. The standard InChI is InChI=1S/C14H17NO2S/c15-9-4-5-11-18-12-14(16)17-10-8-13-6-2-1-3-7-13/h1-3,6-7H,4-5,8,10-12H2. The fourth-order valence-corrected chi connectivity index (χ4v) is 2.12. The van der Waals surface area contributed by atoms with Crippen LogP contribution < -0.4 is 0 Å². The lowest BCUT2D eigenvalue weighted by Gasteiger charge is -2.04. The second-order valence-electron chi connectivity index (χ2n) is 3.77. The van der Waals surface area contributed by atoms with E-state index in [0.717, 1.165) is 18.6 Å². The van der Waals surface area contributed by atoms with E-state index in [4.69, 9.17) is 10.00 Å². The van der Waals surface area contributed by atoms with Crippen molar-refractivity contribution in [2.75, 3.05) is 18.1 Å². The van der Waals surface area contributed by atoms with Crippen LogP contribution >= 0.6 is 11.8 Å². The molecule has 1 aromatic rings. The fraction of sp³-hybridized carbons (Fsp3) is 0.429. The number of hydrogen-bond acceptors (Lipinski definition) is 4. The summed E-state index contributed by atoms with van der Waals surface area (Å²) in [5, 5.41) is 8.35. The summed E-state index contributed by atoms with van der Waals surface area (Å²) in [6, 6.07) is 12.0. The maximum atomic E-state index is 11.4. The summed E-state index contributed by atoms with van der Waals surface area (Å²) in [5.74, 6) is 1.04. The summed E-state index contributed by atoms with van der Waals surface area (Å²) in [6.07, 6.45) is 2.14. The third-order valence-electron chi connectivity index (χ3n) is 2.29. The highest BCUT2D eigenvalue weighted by Crippen LogP contribution is 2.05. The number of nitriles is 1. The van der Waals surface area contributed by atoms with Crippen LogP contribution in [0.15, 0.2) is 30.3 Å². The molecule has 0 amide bonds. The summed E-state index contributed by atoms with van der Waals surface area (Å²) in [6.45, 7) is 0.432. The first-order chi connectivity index (χ1) is 8.83. The van der Waals surface area contributed by atoms with Crippen molar-refractivity contribution in [3.63, 3.8) is 0 Å². The van der Waals surface area contributed by atoms with Gasteiger partial charge in [0.1, 0.15) is 0 Å². The minimum atomic E-state index is -0.173. The van der Waals surface area contributed by atoms with E-state index in [0.29, 0.717) is 18.8 Å². The Balaban J connectivity index is 2.02. The summed E-state index contributed by atoms with van der Waals surface area (Å²) in [7, 11) is 0. The molecule has 0 aliphatic rings. The molecule has 3 nitrogen and oxygen atoms in total. The highest BCUT2D eigenvalue weighted by Gasteiger charge is 2.02. The van der Waals surface area contributed by atoms with Gasteiger partial charge >= 0.3 is 5.97 Å². The maximum absolute atomic E-state index is 11.4. The van der Waals surface area contributed by atoms with Gasteiger partial charge < -0.3 is 4.74 Å². The SMILES string of the molecule is N#CCCCSCC(=O)OCCc1ccccc1. The molecular formula is C14H17NO2S. The smallest absolute Gasteiger partial charge is 0.315 e. The highest BCUT2D eigenvalue weighted by atomic mass is 32.2. The molecule has 0 heterocycles. The van der Waals surface area contributed by atoms with Crippen molar-refractivity contribution in [2.45, 2.75) is 19.3 Å². The van der Waals surface area contributed by atoms with Crippen LogP contribution in [0.2, 0.25) is 0 Å². The molecule has 0 atom stereocenters. The predicted molar refractivity (Wildman–Crippen MR) is 73.3 cm³/mol. The van der Waals surface area contributed by atoms with Crippen LogP contribution in [0.4, 0.5) is 0 Å². The first-order valence-corrected chi connectivity index (χ1v) is 7.12. The average molecular weight is 263 g/mol. The summed E-state index contributed by atoms with van der Waals surface area (Å²) < 4.78 is 5.13. The predicted octanol–water partition coefficient (Wildman–Crippen LogP) is 2.81. The number of esters is 1. The molecule has 0 spiro atoms. The molecule has 0 saturated heterocycles. The van der Waals surface area contributed by atoms with Crippen LogP contribution in [-0.2, 0) is 16.0 Å². The number of rotatable bonds is 8. The molecule has 18 heavy (non-hydrogen) atoms. The van der Waals surface area contributed by atoms with Crippen molar-refractivity contribution in [1.29, 1.82) is 5.26 Å². The Labute approximate surface area is 112 Å². The van der Waals surface area contributed by atoms with Crippen molar-refractivity contribution < 1.29 is 9.53 Å².